The molecule has 1 aliphatic rings. The zero-order valence-corrected chi connectivity index (χ0v) is 6.43. The van der Waals surface area contributed by atoms with Crippen molar-refractivity contribution in [2.24, 2.45) is 0 Å². The highest BCUT2D eigenvalue weighted by atomic mass is 17.0. The van der Waals surface area contributed by atoms with Crippen LogP contribution in [0, 0.1) is 0 Å². The molecule has 0 fully saturated rings. The highest BCUT2D eigenvalue weighted by Crippen LogP contribution is 2.32. The molecule has 0 saturated carbocycles. The largest absolute Gasteiger partial charge is 0.395 e. The molecule has 1 N–H and O–H groups in total. The van der Waals surface area contributed by atoms with Gasteiger partial charge < -0.3 is 14.8 Å². The van der Waals surface area contributed by atoms with E-state index < -0.39 is 0 Å². The molecule has 0 atom stereocenters. The molecule has 4 nitrogen and oxygen atoms in total. The maximum Gasteiger partial charge on any atom is 0.196 e. The van der Waals surface area contributed by atoms with Gasteiger partial charge in [-0.1, -0.05) is 12.1 Å². The summed E-state index contributed by atoms with van der Waals surface area (Å²) in [4.78, 5) is 10.4. The summed E-state index contributed by atoms with van der Waals surface area (Å²) in [5.41, 5.74) is 0. The van der Waals surface area contributed by atoms with Gasteiger partial charge >= 0.3 is 0 Å². The first-order valence-corrected chi connectivity index (χ1v) is 3.73. The molecule has 1 aromatic rings. The van der Waals surface area contributed by atoms with Gasteiger partial charge in [0.1, 0.15) is 0 Å². The maximum absolute atomic E-state index is 8.60. The number of β-amino-alcohol motifs (C(OH)–C–C–N with tert-alkyl or cyclic N) is 1. The van der Waals surface area contributed by atoms with Crippen molar-refractivity contribution in [1.29, 1.82) is 0 Å². The van der Waals surface area contributed by atoms with E-state index in [1.165, 1.54) is 5.23 Å². The highest BCUT2D eigenvalue weighted by molar-refractivity contribution is 5.40. The van der Waals surface area contributed by atoms with Crippen LogP contribution >= 0.6 is 0 Å². The molecule has 0 radical (unpaired) electrons. The Balaban J connectivity index is 2.11. The summed E-state index contributed by atoms with van der Waals surface area (Å²) in [7, 11) is 0. The number of hydrogen-bond acceptors (Lipinski definition) is 4. The standard InChI is InChI=1S/C8H9NO3/c10-6-5-9-11-7-3-1-2-4-8(7)12-9/h1-4,10H,5-6H2. The molecule has 4 heteroatoms. The zero-order valence-electron chi connectivity index (χ0n) is 6.43. The fourth-order valence-electron chi connectivity index (χ4n) is 1.01. The van der Waals surface area contributed by atoms with Gasteiger partial charge in [-0.3, -0.25) is 0 Å². The van der Waals surface area contributed by atoms with Crippen LogP contribution in [0.15, 0.2) is 24.3 Å². The van der Waals surface area contributed by atoms with E-state index in [1.54, 1.807) is 0 Å². The lowest BCUT2D eigenvalue weighted by Crippen LogP contribution is -2.28. The number of aliphatic hydroxyl groups excluding tert-OH is 1. The van der Waals surface area contributed by atoms with Gasteiger partial charge in [0, 0.05) is 5.23 Å². The van der Waals surface area contributed by atoms with Crippen molar-refractivity contribution in [3.05, 3.63) is 24.3 Å². The van der Waals surface area contributed by atoms with Gasteiger partial charge in [0.2, 0.25) is 0 Å². The monoisotopic (exact) mass is 167 g/mol. The molecule has 0 bridgehead atoms. The van der Waals surface area contributed by atoms with Gasteiger partial charge in [0.25, 0.3) is 0 Å². The number of fused-ring (bicyclic) bond motifs is 1. The fraction of sp³-hybridized carbons (Fsp3) is 0.250. The predicted molar refractivity (Wildman–Crippen MR) is 41.5 cm³/mol. The van der Waals surface area contributed by atoms with Gasteiger partial charge in [-0.05, 0) is 12.1 Å². The van der Waals surface area contributed by atoms with E-state index in [0.717, 1.165) is 0 Å². The van der Waals surface area contributed by atoms with E-state index in [0.29, 0.717) is 18.0 Å². The molecule has 1 heterocycles. The minimum absolute atomic E-state index is 0.00793. The second-order valence-electron chi connectivity index (χ2n) is 2.41. The molecule has 12 heavy (non-hydrogen) atoms. The Kier molecular flexibility index (Phi) is 1.85. The van der Waals surface area contributed by atoms with E-state index in [9.17, 15) is 0 Å². The summed E-state index contributed by atoms with van der Waals surface area (Å²) in [5, 5.41) is 9.86. The average molecular weight is 167 g/mol. The molecule has 0 spiro atoms. The first-order valence-electron chi connectivity index (χ1n) is 3.73. The van der Waals surface area contributed by atoms with Gasteiger partial charge in [0.05, 0.1) is 13.2 Å². The van der Waals surface area contributed by atoms with Crippen LogP contribution in [-0.2, 0) is 0 Å². The third-order valence-corrected chi connectivity index (χ3v) is 1.53. The lowest BCUT2D eigenvalue weighted by molar-refractivity contribution is -0.229. The molecule has 2 rings (SSSR count). The maximum atomic E-state index is 8.60. The lowest BCUT2D eigenvalue weighted by Gasteiger charge is -2.09. The number of aliphatic hydroxyl groups is 1. The van der Waals surface area contributed by atoms with E-state index in [4.69, 9.17) is 14.8 Å². The third kappa shape index (κ3) is 1.22. The number of rotatable bonds is 2. The van der Waals surface area contributed by atoms with E-state index in [2.05, 4.69) is 0 Å². The van der Waals surface area contributed by atoms with Crippen molar-refractivity contribution in [3.63, 3.8) is 0 Å². The van der Waals surface area contributed by atoms with E-state index >= 15 is 0 Å². The first-order chi connectivity index (χ1) is 5.90. The van der Waals surface area contributed by atoms with Crippen molar-refractivity contribution in [1.82, 2.24) is 5.23 Å². The summed E-state index contributed by atoms with van der Waals surface area (Å²) in [6.45, 7) is 0.350. The second kappa shape index (κ2) is 3.00. The summed E-state index contributed by atoms with van der Waals surface area (Å²) >= 11 is 0. The molecule has 0 aliphatic carbocycles. The Morgan fingerprint density at radius 1 is 1.17 bits per heavy atom. The molecular weight excluding hydrogens is 158 g/mol. The summed E-state index contributed by atoms with van der Waals surface area (Å²) < 4.78 is 0. The Morgan fingerprint density at radius 2 is 1.75 bits per heavy atom. The molecule has 0 amide bonds. The Hall–Kier alpha value is -1.26. The van der Waals surface area contributed by atoms with Gasteiger partial charge in [0.15, 0.2) is 11.5 Å². The SMILES string of the molecule is OCCN1Oc2ccccc2O1. The first kappa shape index (κ1) is 7.39. The van der Waals surface area contributed by atoms with Crippen LogP contribution in [0.5, 0.6) is 11.5 Å². The summed E-state index contributed by atoms with van der Waals surface area (Å²) in [6.07, 6.45) is 0. The van der Waals surface area contributed by atoms with Crippen LogP contribution in [0.25, 0.3) is 0 Å². The fourth-order valence-corrected chi connectivity index (χ4v) is 1.01. The number of benzene rings is 1. The van der Waals surface area contributed by atoms with Gasteiger partial charge in [-0.2, -0.15) is 0 Å². The van der Waals surface area contributed by atoms with Crippen LogP contribution in [0.1, 0.15) is 0 Å². The number of nitrogens with zero attached hydrogens (tertiary/aromatic N) is 1. The van der Waals surface area contributed by atoms with Crippen molar-refractivity contribution in [2.75, 3.05) is 13.2 Å². The van der Waals surface area contributed by atoms with Crippen LogP contribution < -0.4 is 9.68 Å². The normalized spacial score (nSPS) is 15.1. The number of hydroxylamine groups is 2. The Labute approximate surface area is 69.8 Å². The Morgan fingerprint density at radius 3 is 2.25 bits per heavy atom. The predicted octanol–water partition coefficient (Wildman–Crippen LogP) is 0.582. The summed E-state index contributed by atoms with van der Waals surface area (Å²) in [6, 6.07) is 7.36. The van der Waals surface area contributed by atoms with Crippen molar-refractivity contribution < 1.29 is 14.8 Å². The smallest absolute Gasteiger partial charge is 0.196 e. The van der Waals surface area contributed by atoms with E-state index in [1.807, 2.05) is 24.3 Å². The molecular formula is C8H9NO3. The van der Waals surface area contributed by atoms with Gasteiger partial charge in [-0.15, -0.1) is 0 Å². The molecule has 1 aromatic carbocycles. The number of hydrogen-bond donors (Lipinski definition) is 1. The lowest BCUT2D eigenvalue weighted by atomic mass is 10.3. The quantitative estimate of drug-likeness (QED) is 0.699. The molecule has 0 saturated heterocycles. The van der Waals surface area contributed by atoms with Crippen molar-refractivity contribution >= 4 is 0 Å². The van der Waals surface area contributed by atoms with Crippen LogP contribution in [-0.4, -0.2) is 23.5 Å². The minimum Gasteiger partial charge on any atom is -0.395 e. The zero-order chi connectivity index (χ0) is 8.39. The van der Waals surface area contributed by atoms with Crippen LogP contribution in [0.3, 0.4) is 0 Å². The molecule has 1 aliphatic heterocycles. The topological polar surface area (TPSA) is 41.9 Å². The minimum atomic E-state index is 0.00793. The second-order valence-corrected chi connectivity index (χ2v) is 2.41. The van der Waals surface area contributed by atoms with Crippen LogP contribution in [0.4, 0.5) is 0 Å². The third-order valence-electron chi connectivity index (χ3n) is 1.53. The highest BCUT2D eigenvalue weighted by Gasteiger charge is 2.20. The number of para-hydroxylation sites is 2. The van der Waals surface area contributed by atoms with Crippen LogP contribution in [0.2, 0.25) is 0 Å². The summed E-state index contributed by atoms with van der Waals surface area (Å²) in [5.74, 6) is 1.37. The molecule has 64 valence electrons. The molecule has 0 unspecified atom stereocenters. The van der Waals surface area contributed by atoms with Gasteiger partial charge in [-0.25, -0.2) is 0 Å². The van der Waals surface area contributed by atoms with Crippen molar-refractivity contribution in [3.8, 4) is 11.5 Å². The average Bonchev–Trinajstić information content (AvgIpc) is 2.47. The van der Waals surface area contributed by atoms with E-state index in [-0.39, 0.29) is 6.61 Å². The van der Waals surface area contributed by atoms with Crippen molar-refractivity contribution in [2.45, 2.75) is 0 Å². The molecule has 0 aromatic heterocycles. The Bertz CT molecular complexity index is 252.